The van der Waals surface area contributed by atoms with Crippen LogP contribution in [-0.4, -0.2) is 92.4 Å². The van der Waals surface area contributed by atoms with E-state index in [4.69, 9.17) is 9.47 Å². The third kappa shape index (κ3) is 8.00. The van der Waals surface area contributed by atoms with Crippen molar-refractivity contribution in [2.45, 2.75) is 13.3 Å². The number of carbonyl (C=O) groups excluding carboxylic acids is 2. The van der Waals surface area contributed by atoms with Crippen LogP contribution in [-0.2, 0) is 9.47 Å². The largest absolute Gasteiger partial charge is 0.379 e. The van der Waals surface area contributed by atoms with Crippen molar-refractivity contribution in [3.05, 3.63) is 71.5 Å². The number of aromatic nitrogens is 2. The lowest BCUT2D eigenvalue weighted by Crippen LogP contribution is -2.37. The highest BCUT2D eigenvalue weighted by Gasteiger charge is 2.16. The van der Waals surface area contributed by atoms with E-state index in [1.165, 1.54) is 0 Å². The van der Waals surface area contributed by atoms with Gasteiger partial charge in [0.2, 0.25) is 0 Å². The van der Waals surface area contributed by atoms with Gasteiger partial charge in [-0.3, -0.25) is 14.5 Å². The highest BCUT2D eigenvalue weighted by atomic mass is 16.5. The van der Waals surface area contributed by atoms with Gasteiger partial charge < -0.3 is 30.3 Å². The van der Waals surface area contributed by atoms with Crippen LogP contribution in [0.2, 0.25) is 0 Å². The number of benzene rings is 1. The van der Waals surface area contributed by atoms with E-state index in [1.807, 2.05) is 25.1 Å². The molecule has 1 aromatic carbocycles. The fourth-order valence-electron chi connectivity index (χ4n) is 4.73. The zero-order chi connectivity index (χ0) is 28.4. The van der Waals surface area contributed by atoms with Gasteiger partial charge in [-0.05, 0) is 61.9 Å². The molecule has 3 aromatic rings. The highest BCUT2D eigenvalue weighted by molar-refractivity contribution is 6.07. The Bertz CT molecular complexity index is 1320. The zero-order valence-electron chi connectivity index (χ0n) is 23.4. The Morgan fingerprint density at radius 2 is 1.61 bits per heavy atom. The van der Waals surface area contributed by atoms with Crippen molar-refractivity contribution in [3.8, 4) is 0 Å². The summed E-state index contributed by atoms with van der Waals surface area (Å²) in [6.07, 6.45) is 4.21. The minimum absolute atomic E-state index is 0.250. The SMILES string of the molecule is Cc1ccc(NC(=O)c2ccnc(N3CCOCC3)c2)cc1NC(=O)c1ccc(NCCCN2CCOCC2)nc1. The summed E-state index contributed by atoms with van der Waals surface area (Å²) >= 11 is 0. The van der Waals surface area contributed by atoms with Crippen molar-refractivity contribution < 1.29 is 19.1 Å². The number of rotatable bonds is 10. The molecule has 5 rings (SSSR count). The number of hydrogen-bond donors (Lipinski definition) is 3. The number of morpholine rings is 2. The van der Waals surface area contributed by atoms with E-state index in [2.05, 4.69) is 35.7 Å². The summed E-state index contributed by atoms with van der Waals surface area (Å²) in [4.78, 5) is 39.3. The normalized spacial score (nSPS) is 15.8. The zero-order valence-corrected chi connectivity index (χ0v) is 23.4. The van der Waals surface area contributed by atoms with Crippen LogP contribution < -0.4 is 20.9 Å². The second-order valence-electron chi connectivity index (χ2n) is 10.1. The Labute approximate surface area is 240 Å². The minimum atomic E-state index is -0.271. The van der Waals surface area contributed by atoms with Gasteiger partial charge in [0.05, 0.1) is 32.0 Å². The topological polar surface area (TPSA) is 121 Å². The summed E-state index contributed by atoms with van der Waals surface area (Å²) in [5, 5.41) is 9.19. The molecule has 0 unspecified atom stereocenters. The molecule has 216 valence electrons. The van der Waals surface area contributed by atoms with Crippen LogP contribution in [0.3, 0.4) is 0 Å². The van der Waals surface area contributed by atoms with Gasteiger partial charge >= 0.3 is 0 Å². The molecule has 0 bridgehead atoms. The lowest BCUT2D eigenvalue weighted by Gasteiger charge is -2.27. The van der Waals surface area contributed by atoms with Gasteiger partial charge in [0, 0.05) is 62.1 Å². The number of pyridine rings is 2. The molecule has 2 saturated heterocycles. The molecule has 0 spiro atoms. The van der Waals surface area contributed by atoms with Crippen LogP contribution in [0.25, 0.3) is 0 Å². The fraction of sp³-hybridized carbons (Fsp3) is 0.400. The molecule has 2 aromatic heterocycles. The van der Waals surface area contributed by atoms with Gasteiger partial charge in [0.1, 0.15) is 11.6 Å². The first kappa shape index (κ1) is 28.5. The summed E-state index contributed by atoms with van der Waals surface area (Å²) in [6.45, 7) is 10.1. The highest BCUT2D eigenvalue weighted by Crippen LogP contribution is 2.23. The molecular weight excluding hydrogens is 522 g/mol. The predicted octanol–water partition coefficient (Wildman–Crippen LogP) is 3.26. The van der Waals surface area contributed by atoms with Crippen molar-refractivity contribution in [2.75, 3.05) is 86.5 Å². The minimum Gasteiger partial charge on any atom is -0.379 e. The Balaban J connectivity index is 1.14. The van der Waals surface area contributed by atoms with Gasteiger partial charge in [0.15, 0.2) is 0 Å². The first-order valence-corrected chi connectivity index (χ1v) is 14.1. The standard InChI is InChI=1S/C30H37N7O4/c1-22-3-5-25(34-29(38)23-7-9-32-28(19-23)37-13-17-41-18-14-37)20-26(22)35-30(39)24-4-6-27(33-21-24)31-8-2-10-36-11-15-40-16-12-36/h3-7,9,19-21H,2,8,10-18H2,1H3,(H,31,33)(H,34,38)(H,35,39). The molecule has 2 fully saturated rings. The van der Waals surface area contributed by atoms with Crippen molar-refractivity contribution in [3.63, 3.8) is 0 Å². The summed E-state index contributed by atoms with van der Waals surface area (Å²) < 4.78 is 10.8. The maximum Gasteiger partial charge on any atom is 0.257 e. The van der Waals surface area contributed by atoms with E-state index in [1.54, 1.807) is 36.7 Å². The molecule has 11 nitrogen and oxygen atoms in total. The van der Waals surface area contributed by atoms with Crippen LogP contribution >= 0.6 is 0 Å². The first-order valence-electron chi connectivity index (χ1n) is 14.1. The second-order valence-corrected chi connectivity index (χ2v) is 10.1. The van der Waals surface area contributed by atoms with Crippen molar-refractivity contribution >= 4 is 34.8 Å². The fourth-order valence-corrected chi connectivity index (χ4v) is 4.73. The second kappa shape index (κ2) is 14.0. The van der Waals surface area contributed by atoms with E-state index in [0.29, 0.717) is 35.7 Å². The molecule has 2 aliphatic rings. The van der Waals surface area contributed by atoms with Gasteiger partial charge in [-0.15, -0.1) is 0 Å². The van der Waals surface area contributed by atoms with Gasteiger partial charge in [-0.2, -0.15) is 0 Å². The summed E-state index contributed by atoms with van der Waals surface area (Å²) in [5.74, 6) is 0.963. The Morgan fingerprint density at radius 1 is 0.854 bits per heavy atom. The van der Waals surface area contributed by atoms with E-state index in [-0.39, 0.29) is 11.8 Å². The Kier molecular flexibility index (Phi) is 9.74. The number of nitrogens with zero attached hydrogens (tertiary/aromatic N) is 4. The number of anilines is 4. The lowest BCUT2D eigenvalue weighted by atomic mass is 10.1. The van der Waals surface area contributed by atoms with Crippen molar-refractivity contribution in [1.82, 2.24) is 14.9 Å². The molecule has 2 amide bonds. The Morgan fingerprint density at radius 3 is 2.37 bits per heavy atom. The summed E-state index contributed by atoms with van der Waals surface area (Å²) in [7, 11) is 0. The molecule has 0 atom stereocenters. The summed E-state index contributed by atoms with van der Waals surface area (Å²) in [5.41, 5.74) is 3.03. The number of carbonyl (C=O) groups is 2. The van der Waals surface area contributed by atoms with E-state index < -0.39 is 0 Å². The first-order chi connectivity index (χ1) is 20.0. The number of aryl methyl sites for hydroxylation is 1. The molecule has 2 aliphatic heterocycles. The van der Waals surface area contributed by atoms with Gasteiger partial charge in [-0.25, -0.2) is 9.97 Å². The molecule has 3 N–H and O–H groups in total. The Hall–Kier alpha value is -4.06. The number of ether oxygens (including phenoxy) is 2. The smallest absolute Gasteiger partial charge is 0.257 e. The van der Waals surface area contributed by atoms with E-state index >= 15 is 0 Å². The van der Waals surface area contributed by atoms with Crippen LogP contribution in [0, 0.1) is 6.92 Å². The predicted molar refractivity (Wildman–Crippen MR) is 159 cm³/mol. The third-order valence-corrected chi connectivity index (χ3v) is 7.17. The molecule has 0 saturated carbocycles. The molecule has 0 aliphatic carbocycles. The van der Waals surface area contributed by atoms with Crippen LogP contribution in [0.15, 0.2) is 54.9 Å². The van der Waals surface area contributed by atoms with E-state index in [9.17, 15) is 9.59 Å². The quantitative estimate of drug-likeness (QED) is 0.322. The monoisotopic (exact) mass is 559 g/mol. The van der Waals surface area contributed by atoms with E-state index in [0.717, 1.165) is 76.1 Å². The van der Waals surface area contributed by atoms with Crippen LogP contribution in [0.5, 0.6) is 0 Å². The molecule has 11 heteroatoms. The summed E-state index contributed by atoms with van der Waals surface area (Å²) in [6, 6.07) is 12.5. The number of nitrogens with one attached hydrogen (secondary N) is 3. The van der Waals surface area contributed by atoms with Crippen molar-refractivity contribution in [1.29, 1.82) is 0 Å². The molecule has 0 radical (unpaired) electrons. The van der Waals surface area contributed by atoms with Crippen LogP contribution in [0.1, 0.15) is 32.7 Å². The number of amides is 2. The molecule has 41 heavy (non-hydrogen) atoms. The third-order valence-electron chi connectivity index (χ3n) is 7.17. The number of hydrogen-bond acceptors (Lipinski definition) is 9. The lowest BCUT2D eigenvalue weighted by molar-refractivity contribution is 0.0378. The van der Waals surface area contributed by atoms with Gasteiger partial charge in [0.25, 0.3) is 11.8 Å². The average Bonchev–Trinajstić information content (AvgIpc) is 3.02. The molecule has 4 heterocycles. The van der Waals surface area contributed by atoms with Crippen LogP contribution in [0.4, 0.5) is 23.0 Å². The van der Waals surface area contributed by atoms with Crippen molar-refractivity contribution in [2.24, 2.45) is 0 Å². The van der Waals surface area contributed by atoms with Gasteiger partial charge in [-0.1, -0.05) is 6.07 Å². The average molecular weight is 560 g/mol. The maximum absolute atomic E-state index is 13.0. The molecular formula is C30H37N7O4. The maximum atomic E-state index is 13.0.